The maximum atomic E-state index is 3.64. The minimum absolute atomic E-state index is 0.755. The van der Waals surface area contributed by atoms with E-state index in [9.17, 15) is 0 Å². The summed E-state index contributed by atoms with van der Waals surface area (Å²) in [4.78, 5) is 3.64. The van der Waals surface area contributed by atoms with E-state index in [0.717, 1.165) is 9.52 Å². The lowest BCUT2D eigenvalue weighted by Crippen LogP contribution is -2.29. The fourth-order valence-corrected chi connectivity index (χ4v) is 5.06. The molecule has 1 N–H and O–H groups in total. The first-order chi connectivity index (χ1) is 11.7. The summed E-state index contributed by atoms with van der Waals surface area (Å²) in [5.41, 5.74) is 7.82. The van der Waals surface area contributed by atoms with Crippen LogP contribution >= 0.6 is 0 Å². The summed E-state index contributed by atoms with van der Waals surface area (Å²) in [7, 11) is 2.90. The number of fused-ring (bicyclic) bond motifs is 4. The highest BCUT2D eigenvalue weighted by Gasteiger charge is 2.25. The van der Waals surface area contributed by atoms with E-state index in [1.54, 1.807) is 0 Å². The number of aromatic amines is 1. The fraction of sp³-hybridized carbons (Fsp3) is 0.0952. The van der Waals surface area contributed by atoms with Crippen molar-refractivity contribution in [3.8, 4) is 22.5 Å². The lowest BCUT2D eigenvalue weighted by Gasteiger charge is -2.01. The van der Waals surface area contributed by atoms with Crippen LogP contribution in [0.25, 0.3) is 33.5 Å². The lowest BCUT2D eigenvalue weighted by molar-refractivity contribution is -0.633. The van der Waals surface area contributed by atoms with E-state index in [1.807, 2.05) is 0 Å². The molecule has 3 aromatic carbocycles. The molecule has 1 aliphatic heterocycles. The molecule has 4 aromatic rings. The zero-order chi connectivity index (χ0) is 16.3. The summed E-state index contributed by atoms with van der Waals surface area (Å²) < 4.78 is 2.28. The topological polar surface area (TPSA) is 19.7 Å². The van der Waals surface area contributed by atoms with Crippen molar-refractivity contribution < 1.29 is 4.57 Å². The Kier molecular flexibility index (Phi) is 2.82. The summed E-state index contributed by atoms with van der Waals surface area (Å²) in [6, 6.07) is 22.0. The van der Waals surface area contributed by atoms with Crippen molar-refractivity contribution in [2.24, 2.45) is 7.05 Å². The van der Waals surface area contributed by atoms with Gasteiger partial charge < -0.3 is 0 Å². The molecule has 0 atom stereocenters. The van der Waals surface area contributed by atoms with E-state index in [4.69, 9.17) is 0 Å². The van der Waals surface area contributed by atoms with Crippen LogP contribution in [0.5, 0.6) is 0 Å². The number of hydrogen-bond acceptors (Lipinski definition) is 0. The normalized spacial score (nSPS) is 12.4. The standard InChI is InChI=1S/C21H16N2Si/c1-13-7-3-4-8-14(13)21-22-17-12-20-16(11-18(17)23(21)2)15-9-5-6-10-19(15)24-20/h3-12H,1-2H3/p+1. The van der Waals surface area contributed by atoms with Gasteiger partial charge in [0.1, 0.15) is 9.52 Å². The van der Waals surface area contributed by atoms with Gasteiger partial charge >= 0.3 is 0 Å². The molecule has 5 rings (SSSR count). The van der Waals surface area contributed by atoms with E-state index < -0.39 is 0 Å². The van der Waals surface area contributed by atoms with Gasteiger partial charge in [-0.25, -0.2) is 9.55 Å². The number of imidazole rings is 1. The molecule has 3 heteroatoms. The highest BCUT2D eigenvalue weighted by Crippen LogP contribution is 2.26. The minimum Gasteiger partial charge on any atom is -0.236 e. The van der Waals surface area contributed by atoms with Crippen molar-refractivity contribution in [1.82, 2.24) is 4.98 Å². The SMILES string of the molecule is Cc1ccccc1-c1[nH]c2cc3c(cc2[n+]1C)-c1ccccc1[Si]3. The molecule has 1 aromatic heterocycles. The second kappa shape index (κ2) is 4.92. The molecule has 0 bridgehead atoms. The second-order valence-electron chi connectivity index (χ2n) is 6.43. The maximum absolute atomic E-state index is 3.64. The summed E-state index contributed by atoms with van der Waals surface area (Å²) >= 11 is 0. The van der Waals surface area contributed by atoms with Crippen molar-refractivity contribution in [3.63, 3.8) is 0 Å². The summed E-state index contributed by atoms with van der Waals surface area (Å²) in [6.45, 7) is 2.17. The van der Waals surface area contributed by atoms with Crippen molar-refractivity contribution in [2.75, 3.05) is 0 Å². The third-order valence-corrected chi connectivity index (χ3v) is 6.36. The molecule has 0 spiro atoms. The number of hydrogen-bond donors (Lipinski definition) is 1. The van der Waals surface area contributed by atoms with Crippen LogP contribution in [0.2, 0.25) is 0 Å². The highest BCUT2D eigenvalue weighted by molar-refractivity contribution is 6.73. The monoisotopic (exact) mass is 325 g/mol. The number of benzene rings is 3. The zero-order valence-corrected chi connectivity index (χ0v) is 14.7. The van der Waals surface area contributed by atoms with Crippen molar-refractivity contribution in [2.45, 2.75) is 6.92 Å². The molecule has 0 fully saturated rings. The predicted molar refractivity (Wildman–Crippen MR) is 100 cm³/mol. The second-order valence-corrected chi connectivity index (χ2v) is 7.76. The minimum atomic E-state index is 0.755. The maximum Gasteiger partial charge on any atom is 0.287 e. The van der Waals surface area contributed by atoms with Crippen LogP contribution in [-0.4, -0.2) is 14.5 Å². The van der Waals surface area contributed by atoms with E-state index >= 15 is 0 Å². The highest BCUT2D eigenvalue weighted by atomic mass is 28.2. The quantitative estimate of drug-likeness (QED) is 0.361. The van der Waals surface area contributed by atoms with Crippen molar-refractivity contribution in [1.29, 1.82) is 0 Å². The molecule has 0 unspecified atom stereocenters. The largest absolute Gasteiger partial charge is 0.287 e. The molecule has 114 valence electrons. The van der Waals surface area contributed by atoms with Gasteiger partial charge in [0.25, 0.3) is 5.82 Å². The van der Waals surface area contributed by atoms with Crippen LogP contribution < -0.4 is 14.9 Å². The Hall–Kier alpha value is -2.65. The molecule has 2 heterocycles. The molecule has 0 saturated carbocycles. The van der Waals surface area contributed by atoms with Crippen LogP contribution in [0, 0.1) is 6.92 Å². The molecule has 1 aliphatic rings. The number of rotatable bonds is 1. The Labute approximate surface area is 143 Å². The molecule has 0 amide bonds. The van der Waals surface area contributed by atoms with E-state index in [2.05, 4.69) is 84.2 Å². The first-order valence-corrected chi connectivity index (χ1v) is 9.20. The van der Waals surface area contributed by atoms with Gasteiger partial charge in [-0.3, -0.25) is 0 Å². The Morgan fingerprint density at radius 1 is 0.833 bits per heavy atom. The number of aryl methyl sites for hydroxylation is 2. The molecule has 0 aliphatic carbocycles. The molecule has 0 saturated heterocycles. The average Bonchev–Trinajstić information content (AvgIpc) is 3.11. The molecule has 24 heavy (non-hydrogen) atoms. The Morgan fingerprint density at radius 3 is 2.42 bits per heavy atom. The predicted octanol–water partition coefficient (Wildman–Crippen LogP) is 2.60. The van der Waals surface area contributed by atoms with Crippen LogP contribution in [0.1, 0.15) is 5.56 Å². The molecule has 2 nitrogen and oxygen atoms in total. The summed E-state index contributed by atoms with van der Waals surface area (Å²) in [6.07, 6.45) is 0. The van der Waals surface area contributed by atoms with Gasteiger partial charge in [0.15, 0.2) is 11.0 Å². The Morgan fingerprint density at radius 2 is 1.58 bits per heavy atom. The third kappa shape index (κ3) is 1.85. The molecular weight excluding hydrogens is 308 g/mol. The van der Waals surface area contributed by atoms with Gasteiger partial charge in [-0.05, 0) is 47.0 Å². The lowest BCUT2D eigenvalue weighted by atomic mass is 10.1. The van der Waals surface area contributed by atoms with Gasteiger partial charge in [0.05, 0.1) is 12.6 Å². The number of aromatic nitrogens is 2. The van der Waals surface area contributed by atoms with E-state index in [-0.39, 0.29) is 0 Å². The average molecular weight is 325 g/mol. The van der Waals surface area contributed by atoms with Gasteiger partial charge in [-0.2, -0.15) is 0 Å². The first kappa shape index (κ1) is 13.8. The first-order valence-electron chi connectivity index (χ1n) is 8.20. The number of nitrogens with zero attached hydrogens (tertiary/aromatic N) is 1. The number of nitrogens with one attached hydrogen (secondary N) is 1. The number of H-pyrrole nitrogens is 1. The van der Waals surface area contributed by atoms with Crippen molar-refractivity contribution in [3.05, 3.63) is 66.2 Å². The van der Waals surface area contributed by atoms with E-state index in [0.29, 0.717) is 0 Å². The van der Waals surface area contributed by atoms with Gasteiger partial charge in [0.2, 0.25) is 0 Å². The smallest absolute Gasteiger partial charge is 0.236 e. The zero-order valence-electron chi connectivity index (χ0n) is 13.7. The van der Waals surface area contributed by atoms with Crippen molar-refractivity contribution >= 4 is 30.9 Å². The van der Waals surface area contributed by atoms with Gasteiger partial charge in [-0.15, -0.1) is 0 Å². The Bertz CT molecular complexity index is 1110. The van der Waals surface area contributed by atoms with Crippen LogP contribution in [0.15, 0.2) is 60.7 Å². The third-order valence-electron chi connectivity index (χ3n) is 4.97. The van der Waals surface area contributed by atoms with Gasteiger partial charge in [0, 0.05) is 0 Å². The van der Waals surface area contributed by atoms with Gasteiger partial charge in [-0.1, -0.05) is 47.7 Å². The molecule has 2 radical (unpaired) electrons. The Balaban J connectivity index is 1.77. The summed E-state index contributed by atoms with van der Waals surface area (Å²) in [5.74, 6) is 1.17. The fourth-order valence-electron chi connectivity index (χ4n) is 3.68. The van der Waals surface area contributed by atoms with Crippen LogP contribution in [0.3, 0.4) is 0 Å². The van der Waals surface area contributed by atoms with Crippen LogP contribution in [-0.2, 0) is 7.05 Å². The molecular formula is C21H17N2Si+. The summed E-state index contributed by atoms with van der Waals surface area (Å²) in [5, 5.41) is 2.91. The van der Waals surface area contributed by atoms with Crippen LogP contribution in [0.4, 0.5) is 0 Å². The van der Waals surface area contributed by atoms with E-state index in [1.165, 1.54) is 49.5 Å².